The van der Waals surface area contributed by atoms with Crippen molar-refractivity contribution in [3.63, 3.8) is 0 Å². The molecule has 3 heteroatoms. The number of benzene rings is 3. The Bertz CT molecular complexity index is 1030. The van der Waals surface area contributed by atoms with Crippen molar-refractivity contribution in [2.75, 3.05) is 28.3 Å². The minimum absolute atomic E-state index is 0.676. The lowest BCUT2D eigenvalue weighted by Crippen LogP contribution is -2.36. The molecule has 3 aromatic rings. The van der Waals surface area contributed by atoms with Crippen LogP contribution >= 0.6 is 0 Å². The Kier molecular flexibility index (Phi) is 4.25. The summed E-state index contributed by atoms with van der Waals surface area (Å²) >= 11 is 0. The molecule has 0 aromatic heterocycles. The van der Waals surface area contributed by atoms with Gasteiger partial charge in [-0.2, -0.15) is 0 Å². The van der Waals surface area contributed by atoms with Crippen molar-refractivity contribution in [3.8, 4) is 11.5 Å². The molecule has 0 spiro atoms. The molecule has 1 heterocycles. The van der Waals surface area contributed by atoms with Crippen molar-refractivity contribution in [2.45, 2.75) is 0 Å². The predicted molar refractivity (Wildman–Crippen MR) is 112 cm³/mol. The van der Waals surface area contributed by atoms with Crippen LogP contribution < -0.4 is 14.0 Å². The summed E-state index contributed by atoms with van der Waals surface area (Å²) in [6, 6.07) is 25.2. The normalized spacial score (nSPS) is 14.8. The van der Waals surface area contributed by atoms with Gasteiger partial charge in [-0.15, -0.1) is 0 Å². The van der Waals surface area contributed by atoms with Crippen LogP contribution in [0.3, 0.4) is 0 Å². The zero-order chi connectivity index (χ0) is 19.0. The molecule has 3 aromatic carbocycles. The third-order valence-electron chi connectivity index (χ3n) is 5.27. The zero-order valence-electron chi connectivity index (χ0n) is 16.2. The Hall–Kier alpha value is -3.04. The van der Waals surface area contributed by atoms with E-state index < -0.39 is 0 Å². The average Bonchev–Trinajstić information content (AvgIpc) is 2.95. The first-order valence-electron chi connectivity index (χ1n) is 9.04. The van der Waals surface area contributed by atoms with Crippen LogP contribution in [0.5, 0.6) is 11.5 Å². The van der Waals surface area contributed by atoms with Gasteiger partial charge in [-0.25, -0.2) is 0 Å². The van der Waals surface area contributed by atoms with Gasteiger partial charge in [0.2, 0.25) is 0 Å². The average molecular weight is 358 g/mol. The van der Waals surface area contributed by atoms with E-state index in [0.717, 1.165) is 22.6 Å². The quantitative estimate of drug-likeness (QED) is 0.597. The van der Waals surface area contributed by atoms with Gasteiger partial charge in [0, 0.05) is 17.2 Å². The van der Waals surface area contributed by atoms with E-state index >= 15 is 0 Å². The van der Waals surface area contributed by atoms with Crippen molar-refractivity contribution in [1.82, 2.24) is 4.48 Å². The van der Waals surface area contributed by atoms with E-state index in [1.807, 2.05) is 24.3 Å². The van der Waals surface area contributed by atoms with E-state index in [9.17, 15) is 0 Å². The van der Waals surface area contributed by atoms with Crippen molar-refractivity contribution in [2.24, 2.45) is 0 Å². The molecule has 0 unspecified atom stereocenters. The second kappa shape index (κ2) is 6.60. The molecule has 27 heavy (non-hydrogen) atoms. The van der Waals surface area contributed by atoms with Gasteiger partial charge in [0.1, 0.15) is 17.2 Å². The smallest absolute Gasteiger partial charge is 0.153 e. The fraction of sp³-hybridized carbons (Fsp3) is 0.167. The maximum Gasteiger partial charge on any atom is 0.153 e. The van der Waals surface area contributed by atoms with E-state index in [0.29, 0.717) is 4.48 Å². The third kappa shape index (κ3) is 2.81. The Morgan fingerprint density at radius 2 is 1.26 bits per heavy atom. The molecule has 0 atom stereocenters. The van der Waals surface area contributed by atoms with Crippen LogP contribution in [0, 0.1) is 0 Å². The van der Waals surface area contributed by atoms with Crippen molar-refractivity contribution in [3.05, 3.63) is 89.5 Å². The highest BCUT2D eigenvalue weighted by Crippen LogP contribution is 2.50. The Morgan fingerprint density at radius 1 is 0.667 bits per heavy atom. The second-order valence-electron chi connectivity index (χ2n) is 7.16. The first-order valence-corrected chi connectivity index (χ1v) is 9.04. The molecule has 3 nitrogen and oxygen atoms in total. The summed E-state index contributed by atoms with van der Waals surface area (Å²) in [5.74, 6) is 1.72. The van der Waals surface area contributed by atoms with Crippen molar-refractivity contribution >= 4 is 17.0 Å². The van der Waals surface area contributed by atoms with Crippen LogP contribution in [-0.2, 0) is 0 Å². The maximum atomic E-state index is 5.49. The molecular formula is C24H24NO2+. The molecule has 0 fully saturated rings. The first-order chi connectivity index (χ1) is 13.1. The third-order valence-corrected chi connectivity index (χ3v) is 5.27. The minimum atomic E-state index is 0.676. The van der Waals surface area contributed by atoms with E-state index in [1.54, 1.807) is 14.2 Å². The van der Waals surface area contributed by atoms with Crippen LogP contribution in [0.1, 0.15) is 16.7 Å². The molecule has 136 valence electrons. The summed E-state index contributed by atoms with van der Waals surface area (Å²) in [6.45, 7) is 0. The van der Waals surface area contributed by atoms with Gasteiger partial charge in [-0.1, -0.05) is 30.3 Å². The van der Waals surface area contributed by atoms with Crippen LogP contribution in [0.15, 0.2) is 72.8 Å². The largest absolute Gasteiger partial charge is 0.497 e. The Labute approximate surface area is 160 Å². The Morgan fingerprint density at radius 3 is 1.93 bits per heavy atom. The molecular weight excluding hydrogens is 334 g/mol. The molecule has 0 amide bonds. The lowest BCUT2D eigenvalue weighted by molar-refractivity contribution is 0.414. The highest BCUT2D eigenvalue weighted by Gasteiger charge is 2.40. The fourth-order valence-corrected chi connectivity index (χ4v) is 4.01. The van der Waals surface area contributed by atoms with Crippen LogP contribution in [-0.4, -0.2) is 28.3 Å². The fourth-order valence-electron chi connectivity index (χ4n) is 4.01. The molecule has 0 radical (unpaired) electrons. The molecule has 0 aliphatic carbocycles. The topological polar surface area (TPSA) is 18.5 Å². The van der Waals surface area contributed by atoms with Crippen molar-refractivity contribution < 1.29 is 9.47 Å². The van der Waals surface area contributed by atoms with E-state index in [2.05, 4.69) is 62.6 Å². The van der Waals surface area contributed by atoms with Gasteiger partial charge < -0.3 is 9.47 Å². The number of hydrogen-bond acceptors (Lipinski definition) is 2. The molecule has 0 bridgehead atoms. The SMILES string of the molecule is COc1cccc(C2=C(c3cccc(OC)c3)[N+](C)(C)c3ccccc32)c1. The van der Waals surface area contributed by atoms with Gasteiger partial charge in [0.15, 0.2) is 5.70 Å². The molecule has 0 saturated heterocycles. The van der Waals surface area contributed by atoms with Crippen molar-refractivity contribution in [1.29, 1.82) is 0 Å². The number of para-hydroxylation sites is 1. The molecule has 4 rings (SSSR count). The number of rotatable bonds is 4. The number of methoxy groups -OCH3 is 2. The number of quaternary nitrogens is 1. The highest BCUT2D eigenvalue weighted by molar-refractivity contribution is 6.08. The number of fused-ring (bicyclic) bond motifs is 1. The van der Waals surface area contributed by atoms with Crippen LogP contribution in [0.4, 0.5) is 5.69 Å². The molecule has 1 aliphatic rings. The highest BCUT2D eigenvalue weighted by atomic mass is 16.5. The summed E-state index contributed by atoms with van der Waals surface area (Å²) in [5.41, 5.74) is 7.35. The standard InChI is InChI=1S/C24H24NO2/c1-25(2)22-14-6-5-13-21(22)23(17-9-7-11-19(15-17)26-3)24(25)18-10-8-12-20(16-18)27-4/h5-16H,1-4H3/q+1. The molecule has 1 aliphatic heterocycles. The minimum Gasteiger partial charge on any atom is -0.497 e. The van der Waals surface area contributed by atoms with Gasteiger partial charge in [0.25, 0.3) is 0 Å². The van der Waals surface area contributed by atoms with E-state index in [4.69, 9.17) is 9.47 Å². The predicted octanol–water partition coefficient (Wildman–Crippen LogP) is 5.20. The van der Waals surface area contributed by atoms with Crippen LogP contribution in [0.25, 0.3) is 11.3 Å². The summed E-state index contributed by atoms with van der Waals surface area (Å²) in [4.78, 5) is 0. The number of hydrogen-bond donors (Lipinski definition) is 0. The summed E-state index contributed by atoms with van der Waals surface area (Å²) < 4.78 is 11.6. The number of nitrogens with zero attached hydrogens (tertiary/aromatic N) is 1. The van der Waals surface area contributed by atoms with Gasteiger partial charge in [-0.3, -0.25) is 4.48 Å². The summed E-state index contributed by atoms with van der Waals surface area (Å²) in [5, 5.41) is 0. The first kappa shape index (κ1) is 17.4. The number of ether oxygens (including phenoxy) is 2. The zero-order valence-corrected chi connectivity index (χ0v) is 16.2. The van der Waals surface area contributed by atoms with Gasteiger partial charge in [0.05, 0.1) is 33.9 Å². The lowest BCUT2D eigenvalue weighted by Gasteiger charge is -2.28. The van der Waals surface area contributed by atoms with Gasteiger partial charge >= 0.3 is 0 Å². The molecule has 0 N–H and O–H groups in total. The van der Waals surface area contributed by atoms with E-state index in [-0.39, 0.29) is 0 Å². The lowest BCUT2D eigenvalue weighted by atomic mass is 9.95. The van der Waals surface area contributed by atoms with Gasteiger partial charge in [-0.05, 0) is 42.0 Å². The summed E-state index contributed by atoms with van der Waals surface area (Å²) in [7, 11) is 7.89. The van der Waals surface area contributed by atoms with Crippen LogP contribution in [0.2, 0.25) is 0 Å². The summed E-state index contributed by atoms with van der Waals surface area (Å²) in [6.07, 6.45) is 0. The Balaban J connectivity index is 2.05. The maximum absolute atomic E-state index is 5.49. The second-order valence-corrected chi connectivity index (χ2v) is 7.16. The monoisotopic (exact) mass is 358 g/mol. The molecule has 0 saturated carbocycles. The van der Waals surface area contributed by atoms with E-state index in [1.165, 1.54) is 22.5 Å².